The first kappa shape index (κ1) is 20.5. The van der Waals surface area contributed by atoms with Crippen LogP contribution in [0.1, 0.15) is 46.6 Å². The van der Waals surface area contributed by atoms with Gasteiger partial charge in [-0.2, -0.15) is 0 Å². The molecule has 0 fully saturated rings. The summed E-state index contributed by atoms with van der Waals surface area (Å²) in [6.45, 7) is 11.4. The van der Waals surface area contributed by atoms with Crippen molar-refractivity contribution >= 4 is 13.4 Å². The van der Waals surface area contributed by atoms with Crippen LogP contribution in [0.2, 0.25) is 5.31 Å². The van der Waals surface area contributed by atoms with E-state index in [-0.39, 0.29) is 11.4 Å². The Hall–Kier alpha value is -2.22. The van der Waals surface area contributed by atoms with Gasteiger partial charge in [0.05, 0.1) is 6.04 Å². The Morgan fingerprint density at radius 2 is 1.96 bits per heavy atom. The molecule has 1 aromatic carbocycles. The lowest BCUT2D eigenvalue weighted by atomic mass is 9.58. The molecular weight excluding hydrogens is 337 g/mol. The molecular formula is C26H34BN. The summed E-state index contributed by atoms with van der Waals surface area (Å²) in [7, 11) is 2.36. The zero-order valence-corrected chi connectivity index (χ0v) is 18.3. The maximum atomic E-state index is 3.63. The molecule has 1 aromatic rings. The Morgan fingerprint density at radius 3 is 2.61 bits per heavy atom. The number of dihydropyridines is 1. The molecule has 3 atom stereocenters. The molecule has 0 aromatic heterocycles. The second-order valence-corrected chi connectivity index (χ2v) is 8.97. The van der Waals surface area contributed by atoms with Gasteiger partial charge in [0.15, 0.2) is 0 Å². The third-order valence-electron chi connectivity index (χ3n) is 6.84. The lowest BCUT2D eigenvalue weighted by molar-refractivity contribution is 0.502. The minimum atomic E-state index is 0.162. The summed E-state index contributed by atoms with van der Waals surface area (Å²) in [5, 5.41) is 3.79. The molecule has 1 aliphatic heterocycles. The molecule has 0 saturated carbocycles. The normalized spacial score (nSPS) is 24.8. The Balaban J connectivity index is 2.01. The van der Waals surface area contributed by atoms with E-state index in [1.165, 1.54) is 27.9 Å². The number of nitrogens with one attached hydrogen (secondary N) is 1. The van der Waals surface area contributed by atoms with Crippen molar-refractivity contribution in [3.8, 4) is 0 Å². The molecule has 28 heavy (non-hydrogen) atoms. The van der Waals surface area contributed by atoms with Gasteiger partial charge in [-0.1, -0.05) is 86.6 Å². The summed E-state index contributed by atoms with van der Waals surface area (Å²) >= 11 is 0. The standard InChI is InChI=1S/C26H34BN/c1-6-19(4)23-13-12-21(20-10-8-7-9-11-20)16-24(23)25-17-22(14-15-28-25)26(5,27)18(2)3/h6-12,14-18,23,25,28H,13,27H2,1-5H3. The third kappa shape index (κ3) is 4.11. The van der Waals surface area contributed by atoms with E-state index in [4.69, 9.17) is 0 Å². The van der Waals surface area contributed by atoms with Gasteiger partial charge in [0, 0.05) is 5.92 Å². The first-order valence-electron chi connectivity index (χ1n) is 10.6. The second-order valence-electron chi connectivity index (χ2n) is 8.97. The van der Waals surface area contributed by atoms with Crippen LogP contribution in [-0.2, 0) is 0 Å². The first-order valence-corrected chi connectivity index (χ1v) is 10.6. The van der Waals surface area contributed by atoms with Crippen molar-refractivity contribution in [3.63, 3.8) is 0 Å². The highest BCUT2D eigenvalue weighted by Crippen LogP contribution is 2.43. The maximum absolute atomic E-state index is 3.63. The van der Waals surface area contributed by atoms with Crippen molar-refractivity contribution in [1.82, 2.24) is 5.32 Å². The van der Waals surface area contributed by atoms with Gasteiger partial charge in [-0.25, -0.2) is 0 Å². The molecule has 3 rings (SSSR count). The molecule has 146 valence electrons. The first-order chi connectivity index (χ1) is 13.3. The highest BCUT2D eigenvalue weighted by Gasteiger charge is 2.31. The Morgan fingerprint density at radius 1 is 1.25 bits per heavy atom. The van der Waals surface area contributed by atoms with E-state index >= 15 is 0 Å². The third-order valence-corrected chi connectivity index (χ3v) is 6.84. The number of benzene rings is 1. The van der Waals surface area contributed by atoms with E-state index < -0.39 is 0 Å². The molecule has 0 amide bonds. The molecule has 1 N–H and O–H groups in total. The monoisotopic (exact) mass is 371 g/mol. The van der Waals surface area contributed by atoms with Crippen molar-refractivity contribution in [2.45, 2.75) is 52.4 Å². The number of hydrogen-bond acceptors (Lipinski definition) is 1. The molecule has 0 bridgehead atoms. The molecule has 2 aliphatic rings. The van der Waals surface area contributed by atoms with Gasteiger partial charge in [0.2, 0.25) is 0 Å². The topological polar surface area (TPSA) is 12.0 Å². The Kier molecular flexibility index (Phi) is 6.18. The molecule has 2 heteroatoms. The lowest BCUT2D eigenvalue weighted by Gasteiger charge is -2.36. The summed E-state index contributed by atoms with van der Waals surface area (Å²) in [6.07, 6.45) is 15.0. The predicted molar refractivity (Wildman–Crippen MR) is 126 cm³/mol. The van der Waals surface area contributed by atoms with E-state index in [2.05, 4.69) is 115 Å². The number of hydrogen-bond donors (Lipinski definition) is 1. The molecule has 0 spiro atoms. The quantitative estimate of drug-likeness (QED) is 0.505. The van der Waals surface area contributed by atoms with Gasteiger partial charge in [0.1, 0.15) is 7.85 Å². The average molecular weight is 371 g/mol. The molecule has 1 nitrogen and oxygen atoms in total. The van der Waals surface area contributed by atoms with Crippen LogP contribution in [0.4, 0.5) is 0 Å². The molecule has 0 radical (unpaired) electrons. The van der Waals surface area contributed by atoms with Gasteiger partial charge >= 0.3 is 0 Å². The summed E-state index contributed by atoms with van der Waals surface area (Å²) in [5.41, 5.74) is 6.99. The van der Waals surface area contributed by atoms with Crippen molar-refractivity contribution in [3.05, 3.63) is 89.2 Å². The highest BCUT2D eigenvalue weighted by molar-refractivity contribution is 6.17. The van der Waals surface area contributed by atoms with Crippen molar-refractivity contribution in [2.24, 2.45) is 11.8 Å². The lowest BCUT2D eigenvalue weighted by Crippen LogP contribution is -2.33. The van der Waals surface area contributed by atoms with Gasteiger partial charge in [-0.05, 0) is 60.5 Å². The van der Waals surface area contributed by atoms with Crippen LogP contribution >= 0.6 is 0 Å². The van der Waals surface area contributed by atoms with Crippen molar-refractivity contribution in [1.29, 1.82) is 0 Å². The van der Waals surface area contributed by atoms with Crippen LogP contribution in [0.15, 0.2) is 83.6 Å². The zero-order chi connectivity index (χ0) is 20.3. The van der Waals surface area contributed by atoms with Crippen LogP contribution in [0, 0.1) is 11.8 Å². The SMILES string of the molecule is BC(C)(C1=CC(C2=CC(c3ccccc3)=CCC2C(C)=CC)NC=C1)C(C)C. The van der Waals surface area contributed by atoms with Crippen LogP contribution in [0.3, 0.4) is 0 Å². The summed E-state index contributed by atoms with van der Waals surface area (Å²) in [5.74, 6) is 1.05. The molecule has 1 heterocycles. The van der Waals surface area contributed by atoms with E-state index in [9.17, 15) is 0 Å². The maximum Gasteiger partial charge on any atom is 0.115 e. The Labute approximate surface area is 172 Å². The van der Waals surface area contributed by atoms with Gasteiger partial charge < -0.3 is 5.32 Å². The molecule has 1 aliphatic carbocycles. The van der Waals surface area contributed by atoms with Crippen LogP contribution in [0.5, 0.6) is 0 Å². The van der Waals surface area contributed by atoms with Gasteiger partial charge in [0.25, 0.3) is 0 Å². The highest BCUT2D eigenvalue weighted by atomic mass is 14.9. The largest absolute Gasteiger partial charge is 0.381 e. The van der Waals surface area contributed by atoms with E-state index in [1.54, 1.807) is 0 Å². The number of rotatable bonds is 5. The second kappa shape index (κ2) is 8.43. The molecule has 3 unspecified atom stereocenters. The van der Waals surface area contributed by atoms with Gasteiger partial charge in [-0.3, -0.25) is 0 Å². The van der Waals surface area contributed by atoms with Gasteiger partial charge in [-0.15, -0.1) is 0 Å². The van der Waals surface area contributed by atoms with E-state index in [1.807, 2.05) is 0 Å². The minimum Gasteiger partial charge on any atom is -0.381 e. The minimum absolute atomic E-state index is 0.162. The smallest absolute Gasteiger partial charge is 0.115 e. The van der Waals surface area contributed by atoms with Crippen LogP contribution in [-0.4, -0.2) is 13.9 Å². The fourth-order valence-electron chi connectivity index (χ4n) is 3.99. The van der Waals surface area contributed by atoms with Crippen LogP contribution < -0.4 is 5.32 Å². The van der Waals surface area contributed by atoms with Crippen LogP contribution in [0.25, 0.3) is 5.57 Å². The van der Waals surface area contributed by atoms with Crippen molar-refractivity contribution < 1.29 is 0 Å². The number of allylic oxidation sites excluding steroid dienone is 7. The fraction of sp³-hybridized carbons (Fsp3) is 0.385. The summed E-state index contributed by atoms with van der Waals surface area (Å²) < 4.78 is 0. The predicted octanol–water partition coefficient (Wildman–Crippen LogP) is 5.86. The summed E-state index contributed by atoms with van der Waals surface area (Å²) in [4.78, 5) is 0. The van der Waals surface area contributed by atoms with E-state index in [0.29, 0.717) is 11.8 Å². The average Bonchev–Trinajstić information content (AvgIpc) is 2.73. The Bertz CT molecular complexity index is 850. The summed E-state index contributed by atoms with van der Waals surface area (Å²) in [6, 6.07) is 11.0. The molecule has 0 saturated heterocycles. The fourth-order valence-corrected chi connectivity index (χ4v) is 3.99. The van der Waals surface area contributed by atoms with E-state index in [0.717, 1.165) is 6.42 Å². The van der Waals surface area contributed by atoms with Crippen molar-refractivity contribution in [2.75, 3.05) is 0 Å². The zero-order valence-electron chi connectivity index (χ0n) is 18.3.